The van der Waals surface area contributed by atoms with Gasteiger partial charge in [-0.25, -0.2) is 0 Å². The second-order valence-electron chi connectivity index (χ2n) is 8.96. The van der Waals surface area contributed by atoms with E-state index in [1.807, 2.05) is 62.4 Å². The SMILES string of the molecule is CC[C@H](C)[C@H]1N=C(c2ccccc2Cl)c2cc(Cl)ccc2N(CC(=O)NCCc2ccccc2)C1=O. The lowest BCUT2D eigenvalue weighted by molar-refractivity contribution is -0.124. The van der Waals surface area contributed by atoms with Crippen molar-refractivity contribution in [3.05, 3.63) is 99.5 Å². The summed E-state index contributed by atoms with van der Waals surface area (Å²) in [7, 11) is 0. The largest absolute Gasteiger partial charge is 0.354 e. The van der Waals surface area contributed by atoms with Crippen LogP contribution in [0.4, 0.5) is 5.69 Å². The van der Waals surface area contributed by atoms with Crippen molar-refractivity contribution in [1.29, 1.82) is 0 Å². The average Bonchev–Trinajstić information content (AvgIpc) is 2.99. The first-order valence-corrected chi connectivity index (χ1v) is 12.9. The first kappa shape index (κ1) is 25.9. The molecular formula is C29H29Cl2N3O2. The number of hydrogen-bond acceptors (Lipinski definition) is 3. The van der Waals surface area contributed by atoms with E-state index in [-0.39, 0.29) is 24.3 Å². The highest BCUT2D eigenvalue weighted by Gasteiger charge is 2.36. The van der Waals surface area contributed by atoms with Gasteiger partial charge in [-0.1, -0.05) is 92.0 Å². The monoisotopic (exact) mass is 521 g/mol. The topological polar surface area (TPSA) is 61.8 Å². The molecule has 3 aromatic carbocycles. The number of anilines is 1. The van der Waals surface area contributed by atoms with E-state index in [2.05, 4.69) is 5.32 Å². The molecule has 0 unspecified atom stereocenters. The average molecular weight is 522 g/mol. The fraction of sp³-hybridized carbons (Fsp3) is 0.276. The van der Waals surface area contributed by atoms with E-state index in [1.54, 1.807) is 24.3 Å². The fourth-order valence-electron chi connectivity index (χ4n) is 4.29. The Bertz CT molecular complexity index is 1280. The molecule has 3 aromatic rings. The summed E-state index contributed by atoms with van der Waals surface area (Å²) in [5.41, 5.74) is 3.72. The molecule has 0 bridgehead atoms. The minimum atomic E-state index is -0.662. The molecule has 7 heteroatoms. The van der Waals surface area contributed by atoms with E-state index in [4.69, 9.17) is 28.2 Å². The molecule has 0 radical (unpaired) electrons. The highest BCUT2D eigenvalue weighted by molar-refractivity contribution is 6.37. The first-order valence-electron chi connectivity index (χ1n) is 12.1. The Morgan fingerprint density at radius 1 is 1.03 bits per heavy atom. The van der Waals surface area contributed by atoms with Crippen LogP contribution in [0.25, 0.3) is 0 Å². The molecular weight excluding hydrogens is 493 g/mol. The van der Waals surface area contributed by atoms with Crippen molar-refractivity contribution in [1.82, 2.24) is 5.32 Å². The third-order valence-corrected chi connectivity index (χ3v) is 7.05. The third-order valence-electron chi connectivity index (χ3n) is 6.48. The quantitative estimate of drug-likeness (QED) is 0.398. The number of carbonyl (C=O) groups is 2. The number of fused-ring (bicyclic) bond motifs is 1. The Labute approximate surface area is 222 Å². The van der Waals surface area contributed by atoms with Crippen molar-refractivity contribution in [2.75, 3.05) is 18.0 Å². The van der Waals surface area contributed by atoms with E-state index in [0.29, 0.717) is 40.0 Å². The summed E-state index contributed by atoms with van der Waals surface area (Å²) in [4.78, 5) is 33.3. The van der Waals surface area contributed by atoms with Gasteiger partial charge in [0.05, 0.1) is 11.4 Å². The second kappa shape index (κ2) is 11.7. The van der Waals surface area contributed by atoms with Gasteiger partial charge < -0.3 is 10.2 Å². The van der Waals surface area contributed by atoms with Gasteiger partial charge in [-0.05, 0) is 42.2 Å². The molecule has 36 heavy (non-hydrogen) atoms. The highest BCUT2D eigenvalue weighted by Crippen LogP contribution is 2.34. The number of carbonyl (C=O) groups excluding carboxylic acids is 2. The number of nitrogens with zero attached hydrogens (tertiary/aromatic N) is 2. The molecule has 1 aliphatic heterocycles. The lowest BCUT2D eigenvalue weighted by Gasteiger charge is -2.26. The normalized spacial score (nSPS) is 16.1. The Morgan fingerprint density at radius 2 is 1.75 bits per heavy atom. The minimum Gasteiger partial charge on any atom is -0.354 e. The van der Waals surface area contributed by atoms with E-state index >= 15 is 0 Å². The van der Waals surface area contributed by atoms with Crippen molar-refractivity contribution < 1.29 is 9.59 Å². The second-order valence-corrected chi connectivity index (χ2v) is 9.80. The smallest absolute Gasteiger partial charge is 0.252 e. The maximum Gasteiger partial charge on any atom is 0.252 e. The number of benzodiazepines with no additional fused rings is 1. The van der Waals surface area contributed by atoms with Crippen LogP contribution in [-0.4, -0.2) is 36.7 Å². The predicted octanol–water partition coefficient (Wildman–Crippen LogP) is 5.95. The minimum absolute atomic E-state index is 0.0385. The first-order chi connectivity index (χ1) is 17.4. The zero-order valence-electron chi connectivity index (χ0n) is 20.4. The molecule has 5 nitrogen and oxygen atoms in total. The molecule has 1 N–H and O–H groups in total. The number of nitrogens with one attached hydrogen (secondary N) is 1. The molecule has 0 aliphatic carbocycles. The standard InChI is InChI=1S/C29H29Cl2N3O2/c1-3-19(2)27-29(36)34(18-26(35)32-16-15-20-9-5-4-6-10-20)25-14-13-21(30)17-23(25)28(33-27)22-11-7-8-12-24(22)31/h4-14,17,19,27H,3,15-16,18H2,1-2H3,(H,32,35)/t19-,27+/m0/s1. The van der Waals surface area contributed by atoms with Crippen LogP contribution in [0.5, 0.6) is 0 Å². The number of amides is 2. The number of benzene rings is 3. The van der Waals surface area contributed by atoms with Crippen LogP contribution >= 0.6 is 23.2 Å². The molecule has 0 saturated carbocycles. The molecule has 186 valence electrons. The summed E-state index contributed by atoms with van der Waals surface area (Å²) < 4.78 is 0. The Hall–Kier alpha value is -3.15. The number of hydrogen-bond donors (Lipinski definition) is 1. The van der Waals surface area contributed by atoms with Gasteiger partial charge in [-0.15, -0.1) is 0 Å². The summed E-state index contributed by atoms with van der Waals surface area (Å²) in [6, 6.07) is 22.0. The summed E-state index contributed by atoms with van der Waals surface area (Å²) in [6.45, 7) is 4.39. The Balaban J connectivity index is 1.69. The van der Waals surface area contributed by atoms with Crippen LogP contribution in [-0.2, 0) is 16.0 Å². The van der Waals surface area contributed by atoms with Gasteiger partial charge in [-0.2, -0.15) is 0 Å². The van der Waals surface area contributed by atoms with Crippen molar-refractivity contribution in [3.63, 3.8) is 0 Å². The number of halogens is 2. The summed E-state index contributed by atoms with van der Waals surface area (Å²) in [6.07, 6.45) is 1.46. The lowest BCUT2D eigenvalue weighted by atomic mass is 9.97. The predicted molar refractivity (Wildman–Crippen MR) is 147 cm³/mol. The lowest BCUT2D eigenvalue weighted by Crippen LogP contribution is -2.46. The Morgan fingerprint density at radius 3 is 2.47 bits per heavy atom. The van der Waals surface area contributed by atoms with Crippen LogP contribution in [0, 0.1) is 5.92 Å². The van der Waals surface area contributed by atoms with Crippen molar-refractivity contribution in [2.45, 2.75) is 32.7 Å². The van der Waals surface area contributed by atoms with Crippen molar-refractivity contribution in [2.24, 2.45) is 10.9 Å². The summed E-state index contributed by atoms with van der Waals surface area (Å²) in [5, 5.41) is 4.00. The van der Waals surface area contributed by atoms with Crippen LogP contribution in [0.15, 0.2) is 77.8 Å². The Kier molecular flexibility index (Phi) is 8.44. The summed E-state index contributed by atoms with van der Waals surface area (Å²) >= 11 is 13.0. The molecule has 0 spiro atoms. The van der Waals surface area contributed by atoms with Gasteiger partial charge in [0, 0.05) is 27.7 Å². The van der Waals surface area contributed by atoms with Crippen molar-refractivity contribution in [3.8, 4) is 0 Å². The summed E-state index contributed by atoms with van der Waals surface area (Å²) in [5.74, 6) is -0.485. The van der Waals surface area contributed by atoms with Crippen molar-refractivity contribution >= 4 is 46.4 Å². The van der Waals surface area contributed by atoms with Gasteiger partial charge >= 0.3 is 0 Å². The number of aliphatic imine (C=N–C) groups is 1. The molecule has 0 saturated heterocycles. The zero-order valence-corrected chi connectivity index (χ0v) is 21.9. The van der Waals surface area contributed by atoms with Crippen LogP contribution in [0.2, 0.25) is 10.0 Å². The van der Waals surface area contributed by atoms with Gasteiger partial charge in [-0.3, -0.25) is 14.6 Å². The maximum atomic E-state index is 13.9. The molecule has 0 fully saturated rings. The molecule has 1 heterocycles. The van der Waals surface area contributed by atoms with E-state index in [9.17, 15) is 9.59 Å². The van der Waals surface area contributed by atoms with Gasteiger partial charge in [0.1, 0.15) is 12.6 Å². The third kappa shape index (κ3) is 5.80. The maximum absolute atomic E-state index is 13.9. The molecule has 2 atom stereocenters. The fourth-order valence-corrected chi connectivity index (χ4v) is 4.69. The van der Waals surface area contributed by atoms with E-state index in [0.717, 1.165) is 17.5 Å². The molecule has 0 aromatic heterocycles. The zero-order chi connectivity index (χ0) is 25.7. The van der Waals surface area contributed by atoms with Gasteiger partial charge in [0.15, 0.2) is 0 Å². The van der Waals surface area contributed by atoms with E-state index < -0.39 is 6.04 Å². The van der Waals surface area contributed by atoms with E-state index in [1.165, 1.54) is 4.90 Å². The van der Waals surface area contributed by atoms with Gasteiger partial charge in [0.25, 0.3) is 5.91 Å². The van der Waals surface area contributed by atoms with Crippen LogP contribution < -0.4 is 10.2 Å². The molecule has 1 aliphatic rings. The van der Waals surface area contributed by atoms with Gasteiger partial charge in [0.2, 0.25) is 5.91 Å². The van der Waals surface area contributed by atoms with Crippen LogP contribution in [0.3, 0.4) is 0 Å². The molecule has 2 amide bonds. The number of rotatable bonds is 8. The molecule has 4 rings (SSSR count). The van der Waals surface area contributed by atoms with Crippen LogP contribution in [0.1, 0.15) is 37.0 Å². The highest BCUT2D eigenvalue weighted by atomic mass is 35.5.